The van der Waals surface area contributed by atoms with E-state index in [1.165, 1.54) is 32.4 Å². The smallest absolute Gasteiger partial charge is 0.241 e. The highest BCUT2D eigenvalue weighted by Crippen LogP contribution is 2.65. The molecule has 2 aliphatic carbocycles. The van der Waals surface area contributed by atoms with Gasteiger partial charge in [0.15, 0.2) is 5.78 Å². The number of amides is 4. The molecule has 1 saturated carbocycles. The fourth-order valence-corrected chi connectivity index (χ4v) is 9.31. The first-order valence-corrected chi connectivity index (χ1v) is 17.8. The summed E-state index contributed by atoms with van der Waals surface area (Å²) in [6.07, 6.45) is 2.07. The molecule has 0 aromatic heterocycles. The van der Waals surface area contributed by atoms with Gasteiger partial charge in [0.05, 0.1) is 53.8 Å². The Morgan fingerprint density at radius 3 is 2.19 bits per heavy atom. The number of hydrogen-bond acceptors (Lipinski definition) is 8. The third-order valence-electron chi connectivity index (χ3n) is 11.7. The second-order valence-corrected chi connectivity index (χ2v) is 14.7. The van der Waals surface area contributed by atoms with Gasteiger partial charge in [-0.05, 0) is 68.1 Å². The minimum absolute atomic E-state index is 0.0482. The Kier molecular flexibility index (Phi) is 8.45. The number of ether oxygens (including phenoxy) is 2. The zero-order chi connectivity index (χ0) is 38.2. The topological polar surface area (TPSA) is 131 Å². The molecule has 8 rings (SSSR count). The fourth-order valence-electron chi connectivity index (χ4n) is 9.13. The van der Waals surface area contributed by atoms with Crippen LogP contribution in [0, 0.1) is 34.9 Å². The lowest BCUT2D eigenvalue weighted by Crippen LogP contribution is -2.49. The van der Waals surface area contributed by atoms with E-state index in [1.807, 2.05) is 12.1 Å². The fraction of sp³-hybridized carbons (Fsp3) is 0.262. The van der Waals surface area contributed by atoms with Gasteiger partial charge in [0, 0.05) is 34.7 Å². The molecule has 10 nitrogen and oxygen atoms in total. The maximum absolute atomic E-state index is 14.7. The quantitative estimate of drug-likeness (QED) is 0.123. The number of methoxy groups -OCH3 is 2. The molecule has 2 heterocycles. The van der Waals surface area contributed by atoms with Gasteiger partial charge < -0.3 is 14.6 Å². The monoisotopic (exact) mass is 748 g/mol. The average molecular weight is 749 g/mol. The number of rotatable bonds is 7. The van der Waals surface area contributed by atoms with Crippen molar-refractivity contribution in [2.75, 3.05) is 24.0 Å². The summed E-state index contributed by atoms with van der Waals surface area (Å²) in [5.74, 6) is -7.06. The van der Waals surface area contributed by atoms with Gasteiger partial charge in [0.2, 0.25) is 23.6 Å². The van der Waals surface area contributed by atoms with Gasteiger partial charge in [-0.15, -0.1) is 0 Å². The number of anilines is 2. The number of allylic oxidation sites excluding steroid dienone is 2. The Morgan fingerprint density at radius 1 is 0.833 bits per heavy atom. The zero-order valence-electron chi connectivity index (χ0n) is 29.4. The van der Waals surface area contributed by atoms with Gasteiger partial charge in [-0.25, -0.2) is 9.29 Å². The first kappa shape index (κ1) is 35.2. The van der Waals surface area contributed by atoms with Crippen LogP contribution in [0.1, 0.15) is 47.2 Å². The van der Waals surface area contributed by atoms with E-state index in [1.54, 1.807) is 61.5 Å². The highest BCUT2D eigenvalue weighted by Gasteiger charge is 2.68. The van der Waals surface area contributed by atoms with Crippen LogP contribution in [-0.4, -0.2) is 48.7 Å². The molecule has 0 radical (unpaired) electrons. The molecule has 6 unspecified atom stereocenters. The summed E-state index contributed by atoms with van der Waals surface area (Å²) in [5.41, 5.74) is 0.627. The molecule has 6 atom stereocenters. The lowest BCUT2D eigenvalue weighted by molar-refractivity contribution is -0.131. The second-order valence-electron chi connectivity index (χ2n) is 14.3. The summed E-state index contributed by atoms with van der Waals surface area (Å²) >= 11 is 6.11. The average Bonchev–Trinajstić information content (AvgIpc) is 3.55. The van der Waals surface area contributed by atoms with Crippen molar-refractivity contribution in [3.05, 3.63) is 124 Å². The SMILES string of the molecule is COc1cc(O)c(C2C3=CCC4C(=O)N(c5ccc(C(=O)c6ccccc6)cc5)C(=O)C4C3CC3C(=O)N(c4ccc(F)c(Cl)c4)C(=O)C32C)c(OC)c1. The van der Waals surface area contributed by atoms with Gasteiger partial charge in [0.25, 0.3) is 0 Å². The maximum Gasteiger partial charge on any atom is 0.241 e. The van der Waals surface area contributed by atoms with Gasteiger partial charge in [-0.1, -0.05) is 53.6 Å². The minimum atomic E-state index is -1.51. The Hall–Kier alpha value is -5.81. The van der Waals surface area contributed by atoms with Crippen LogP contribution < -0.4 is 19.3 Å². The molecule has 4 aromatic carbocycles. The summed E-state index contributed by atoms with van der Waals surface area (Å²) in [5, 5.41) is 11.3. The number of aromatic hydroxyl groups is 1. The number of hydrogen-bond donors (Lipinski definition) is 1. The molecule has 2 saturated heterocycles. The molecular formula is C42H34ClFN2O8. The van der Waals surface area contributed by atoms with Crippen LogP contribution in [0.25, 0.3) is 0 Å². The zero-order valence-corrected chi connectivity index (χ0v) is 30.2. The molecular weight excluding hydrogens is 715 g/mol. The third-order valence-corrected chi connectivity index (χ3v) is 12.0. The van der Waals surface area contributed by atoms with E-state index < -0.39 is 64.5 Å². The van der Waals surface area contributed by atoms with E-state index in [0.29, 0.717) is 28.1 Å². The van der Waals surface area contributed by atoms with Crippen molar-refractivity contribution in [3.8, 4) is 17.2 Å². The number of imide groups is 2. The Morgan fingerprint density at radius 2 is 1.52 bits per heavy atom. The number of phenolic OH excluding ortho intramolecular Hbond substituents is 1. The number of carbonyl (C=O) groups is 5. The lowest BCUT2D eigenvalue weighted by Gasteiger charge is -2.49. The van der Waals surface area contributed by atoms with E-state index in [2.05, 4.69) is 0 Å². The molecule has 3 fully saturated rings. The molecule has 4 aromatic rings. The number of phenols is 1. The van der Waals surface area contributed by atoms with Crippen LogP contribution in [0.2, 0.25) is 5.02 Å². The molecule has 0 bridgehead atoms. The van der Waals surface area contributed by atoms with Crippen molar-refractivity contribution >= 4 is 52.4 Å². The van der Waals surface area contributed by atoms with Gasteiger partial charge in [0.1, 0.15) is 23.1 Å². The number of carbonyl (C=O) groups excluding carboxylic acids is 5. The van der Waals surface area contributed by atoms with Crippen LogP contribution in [-0.2, 0) is 19.2 Å². The van der Waals surface area contributed by atoms with Crippen molar-refractivity contribution < 1.29 is 42.9 Å². The second kappa shape index (κ2) is 12.9. The lowest BCUT2D eigenvalue weighted by atomic mass is 9.51. The van der Waals surface area contributed by atoms with Gasteiger partial charge in [-0.2, -0.15) is 0 Å². The normalized spacial score (nSPS) is 25.9. The number of nitrogens with zero attached hydrogens (tertiary/aromatic N) is 2. The van der Waals surface area contributed by atoms with Crippen molar-refractivity contribution in [2.24, 2.45) is 29.1 Å². The number of ketones is 1. The molecule has 2 aliphatic heterocycles. The summed E-state index contributed by atoms with van der Waals surface area (Å²) in [7, 11) is 2.84. The first-order valence-electron chi connectivity index (χ1n) is 17.5. The summed E-state index contributed by atoms with van der Waals surface area (Å²) in [6, 6.07) is 21.6. The largest absolute Gasteiger partial charge is 0.507 e. The summed E-state index contributed by atoms with van der Waals surface area (Å²) < 4.78 is 25.4. The molecule has 1 N–H and O–H groups in total. The first-order chi connectivity index (χ1) is 25.9. The third kappa shape index (κ3) is 5.09. The van der Waals surface area contributed by atoms with Crippen molar-refractivity contribution in [2.45, 2.75) is 25.7 Å². The molecule has 0 spiro atoms. The van der Waals surface area contributed by atoms with Crippen LogP contribution in [0.15, 0.2) is 96.6 Å². The number of benzene rings is 4. The maximum atomic E-state index is 14.7. The van der Waals surface area contributed by atoms with Crippen LogP contribution in [0.5, 0.6) is 17.2 Å². The minimum Gasteiger partial charge on any atom is -0.507 e. The summed E-state index contributed by atoms with van der Waals surface area (Å²) in [6.45, 7) is 1.66. The van der Waals surface area contributed by atoms with E-state index in [0.717, 1.165) is 15.9 Å². The standard InChI is InChI=1S/C42H34ClFN2O8/c1-42-29(39(50)46(41(42)52)24-13-16-31(44)30(43)17-24)20-28-26(36(42)35-32(47)18-25(53-2)19-33(35)54-3)14-15-27-34(28)40(51)45(38(27)49)23-11-9-22(10-12-23)37(48)21-7-5-4-6-8-21/h4-14,16-19,27-29,34,36,47H,15,20H2,1-3H3. The Bertz CT molecular complexity index is 2310. The van der Waals surface area contributed by atoms with Crippen LogP contribution in [0.4, 0.5) is 15.8 Å². The predicted molar refractivity (Wildman–Crippen MR) is 196 cm³/mol. The van der Waals surface area contributed by atoms with Crippen molar-refractivity contribution in [1.82, 2.24) is 0 Å². The van der Waals surface area contributed by atoms with Crippen molar-refractivity contribution in [1.29, 1.82) is 0 Å². The van der Waals surface area contributed by atoms with Crippen molar-refractivity contribution in [3.63, 3.8) is 0 Å². The highest BCUT2D eigenvalue weighted by molar-refractivity contribution is 6.32. The van der Waals surface area contributed by atoms with E-state index in [-0.39, 0.29) is 46.4 Å². The Labute approximate surface area is 314 Å². The molecule has 12 heteroatoms. The van der Waals surface area contributed by atoms with E-state index in [9.17, 15) is 33.5 Å². The van der Waals surface area contributed by atoms with E-state index >= 15 is 0 Å². The van der Waals surface area contributed by atoms with Crippen LogP contribution >= 0.6 is 11.6 Å². The molecule has 4 aliphatic rings. The highest BCUT2D eigenvalue weighted by atomic mass is 35.5. The van der Waals surface area contributed by atoms with Gasteiger partial charge in [-0.3, -0.25) is 28.9 Å². The Balaban J connectivity index is 1.22. The molecule has 274 valence electrons. The molecule has 54 heavy (non-hydrogen) atoms. The van der Waals surface area contributed by atoms with Gasteiger partial charge >= 0.3 is 0 Å². The predicted octanol–water partition coefficient (Wildman–Crippen LogP) is 6.87. The van der Waals surface area contributed by atoms with Crippen LogP contribution in [0.3, 0.4) is 0 Å². The summed E-state index contributed by atoms with van der Waals surface area (Å²) in [4.78, 5) is 73.1. The molecule has 4 amide bonds. The van der Waals surface area contributed by atoms with E-state index in [4.69, 9.17) is 21.1 Å². The number of halogens is 2. The number of fused-ring (bicyclic) bond motifs is 4.